The van der Waals surface area contributed by atoms with Gasteiger partial charge < -0.3 is 14.8 Å². The van der Waals surface area contributed by atoms with E-state index in [-0.39, 0.29) is 16.1 Å². The average Bonchev–Trinajstić information content (AvgIpc) is 2.49. The topological polar surface area (TPSA) is 60.5 Å². The van der Waals surface area contributed by atoms with E-state index in [4.69, 9.17) is 32.7 Å². The first-order valence-corrected chi connectivity index (χ1v) is 6.65. The van der Waals surface area contributed by atoms with Crippen molar-refractivity contribution in [3.05, 3.63) is 46.2 Å². The van der Waals surface area contributed by atoms with E-state index in [1.54, 1.807) is 18.2 Å². The van der Waals surface area contributed by atoms with E-state index in [1.165, 1.54) is 26.5 Å². The number of nitrogens with zero attached hydrogens (tertiary/aromatic N) is 1. The van der Waals surface area contributed by atoms with E-state index in [1.807, 2.05) is 0 Å². The van der Waals surface area contributed by atoms with Gasteiger partial charge in [0.25, 0.3) is 5.91 Å². The number of carbonyl (C=O) groups excluding carboxylic acids is 1. The second kappa shape index (κ2) is 6.65. The first kappa shape index (κ1) is 15.4. The Morgan fingerprint density at radius 3 is 2.48 bits per heavy atom. The van der Waals surface area contributed by atoms with Crippen molar-refractivity contribution in [2.24, 2.45) is 0 Å². The Labute approximate surface area is 131 Å². The molecule has 1 amide bonds. The third-order valence-electron chi connectivity index (χ3n) is 2.70. The Balaban J connectivity index is 2.21. The molecule has 0 bridgehead atoms. The zero-order chi connectivity index (χ0) is 15.4. The highest BCUT2D eigenvalue weighted by Gasteiger charge is 2.11. The van der Waals surface area contributed by atoms with E-state index in [0.29, 0.717) is 22.7 Å². The molecular formula is C14H12Cl2N2O3. The van der Waals surface area contributed by atoms with Crippen molar-refractivity contribution in [3.8, 4) is 11.5 Å². The average molecular weight is 327 g/mol. The maximum Gasteiger partial charge on any atom is 0.257 e. The Morgan fingerprint density at radius 2 is 1.86 bits per heavy atom. The molecule has 0 atom stereocenters. The second-order valence-electron chi connectivity index (χ2n) is 4.02. The van der Waals surface area contributed by atoms with Crippen molar-refractivity contribution in [1.29, 1.82) is 0 Å². The monoisotopic (exact) mass is 326 g/mol. The predicted octanol–water partition coefficient (Wildman–Crippen LogP) is 3.66. The van der Waals surface area contributed by atoms with E-state index in [9.17, 15) is 4.79 Å². The van der Waals surface area contributed by atoms with Crippen molar-refractivity contribution in [2.45, 2.75) is 0 Å². The molecule has 1 heterocycles. The predicted molar refractivity (Wildman–Crippen MR) is 81.8 cm³/mol. The molecule has 0 aliphatic rings. The molecule has 1 aromatic carbocycles. The van der Waals surface area contributed by atoms with Gasteiger partial charge in [0.2, 0.25) is 0 Å². The van der Waals surface area contributed by atoms with Crippen molar-refractivity contribution >= 4 is 34.8 Å². The molecule has 0 saturated heterocycles. The number of methoxy groups -OCH3 is 2. The zero-order valence-corrected chi connectivity index (χ0v) is 12.8. The minimum absolute atomic E-state index is 0.152. The van der Waals surface area contributed by atoms with Crippen molar-refractivity contribution in [3.63, 3.8) is 0 Å². The SMILES string of the molecule is COc1ccc(NC(=O)c2cnc(Cl)c(Cl)c2)cc1OC. The minimum atomic E-state index is -0.353. The largest absolute Gasteiger partial charge is 0.493 e. The number of anilines is 1. The van der Waals surface area contributed by atoms with Crippen molar-refractivity contribution < 1.29 is 14.3 Å². The molecule has 21 heavy (non-hydrogen) atoms. The van der Waals surface area contributed by atoms with Crippen LogP contribution < -0.4 is 14.8 Å². The summed E-state index contributed by atoms with van der Waals surface area (Å²) in [5.74, 6) is 0.738. The van der Waals surface area contributed by atoms with Gasteiger partial charge >= 0.3 is 0 Å². The smallest absolute Gasteiger partial charge is 0.257 e. The third kappa shape index (κ3) is 3.56. The summed E-state index contributed by atoms with van der Waals surface area (Å²) in [6.07, 6.45) is 1.35. The highest BCUT2D eigenvalue weighted by Crippen LogP contribution is 2.30. The summed E-state index contributed by atoms with van der Waals surface area (Å²) in [6, 6.07) is 6.50. The highest BCUT2D eigenvalue weighted by atomic mass is 35.5. The van der Waals surface area contributed by atoms with Gasteiger partial charge in [-0.25, -0.2) is 4.98 Å². The van der Waals surface area contributed by atoms with Crippen LogP contribution in [0.1, 0.15) is 10.4 Å². The molecule has 0 aliphatic carbocycles. The van der Waals surface area contributed by atoms with E-state index >= 15 is 0 Å². The molecule has 0 unspecified atom stereocenters. The van der Waals surface area contributed by atoms with Crippen LogP contribution in [0.4, 0.5) is 5.69 Å². The van der Waals surface area contributed by atoms with Crippen LogP contribution in [-0.2, 0) is 0 Å². The van der Waals surface area contributed by atoms with Gasteiger partial charge in [-0.1, -0.05) is 23.2 Å². The van der Waals surface area contributed by atoms with Crippen molar-refractivity contribution in [2.75, 3.05) is 19.5 Å². The molecule has 110 valence electrons. The number of rotatable bonds is 4. The van der Waals surface area contributed by atoms with E-state index in [0.717, 1.165) is 0 Å². The van der Waals surface area contributed by atoms with Crippen LogP contribution >= 0.6 is 23.2 Å². The summed E-state index contributed by atoms with van der Waals surface area (Å²) >= 11 is 11.6. The highest BCUT2D eigenvalue weighted by molar-refractivity contribution is 6.41. The number of carbonyl (C=O) groups is 1. The Bertz CT molecular complexity index is 677. The molecule has 1 aromatic heterocycles. The van der Waals surface area contributed by atoms with Crippen LogP contribution in [0, 0.1) is 0 Å². The summed E-state index contributed by atoms with van der Waals surface area (Å²) < 4.78 is 10.3. The summed E-state index contributed by atoms with van der Waals surface area (Å²) in [7, 11) is 3.06. The summed E-state index contributed by atoms with van der Waals surface area (Å²) in [4.78, 5) is 15.9. The standard InChI is InChI=1S/C14H12Cl2N2O3/c1-20-11-4-3-9(6-12(11)21-2)18-14(19)8-5-10(15)13(16)17-7-8/h3-7H,1-2H3,(H,18,19). The number of hydrogen-bond donors (Lipinski definition) is 1. The number of benzene rings is 1. The summed E-state index contributed by atoms with van der Waals surface area (Å²) in [6.45, 7) is 0. The van der Waals surface area contributed by atoms with E-state index < -0.39 is 0 Å². The molecule has 0 aliphatic heterocycles. The van der Waals surface area contributed by atoms with Gasteiger partial charge in [-0.15, -0.1) is 0 Å². The Hall–Kier alpha value is -1.98. The quantitative estimate of drug-likeness (QED) is 0.871. The lowest BCUT2D eigenvalue weighted by molar-refractivity contribution is 0.102. The molecule has 0 spiro atoms. The Morgan fingerprint density at radius 1 is 1.14 bits per heavy atom. The van der Waals surface area contributed by atoms with E-state index in [2.05, 4.69) is 10.3 Å². The molecule has 7 heteroatoms. The fraction of sp³-hybridized carbons (Fsp3) is 0.143. The lowest BCUT2D eigenvalue weighted by Gasteiger charge is -2.10. The molecule has 2 aromatic rings. The summed E-state index contributed by atoms with van der Waals surface area (Å²) in [5, 5.41) is 3.09. The summed E-state index contributed by atoms with van der Waals surface area (Å²) in [5.41, 5.74) is 0.864. The molecule has 0 fully saturated rings. The van der Waals surface area contributed by atoms with Gasteiger partial charge in [-0.3, -0.25) is 4.79 Å². The van der Waals surface area contributed by atoms with Gasteiger partial charge in [0.05, 0.1) is 24.8 Å². The number of amides is 1. The number of nitrogens with one attached hydrogen (secondary N) is 1. The first-order chi connectivity index (χ1) is 10.0. The minimum Gasteiger partial charge on any atom is -0.493 e. The lowest BCUT2D eigenvalue weighted by atomic mass is 10.2. The molecule has 1 N–H and O–H groups in total. The number of halogens is 2. The number of pyridine rings is 1. The van der Waals surface area contributed by atoms with Gasteiger partial charge in [-0.2, -0.15) is 0 Å². The van der Waals surface area contributed by atoms with Gasteiger partial charge in [0.1, 0.15) is 5.15 Å². The zero-order valence-electron chi connectivity index (χ0n) is 11.3. The fourth-order valence-corrected chi connectivity index (χ4v) is 1.93. The lowest BCUT2D eigenvalue weighted by Crippen LogP contribution is -2.12. The van der Waals surface area contributed by atoms with Crippen LogP contribution in [-0.4, -0.2) is 25.1 Å². The van der Waals surface area contributed by atoms with Crippen LogP contribution in [0.5, 0.6) is 11.5 Å². The maximum atomic E-state index is 12.1. The molecular weight excluding hydrogens is 315 g/mol. The molecule has 2 rings (SSSR count). The molecule has 0 radical (unpaired) electrons. The van der Waals surface area contributed by atoms with Gasteiger partial charge in [0.15, 0.2) is 11.5 Å². The van der Waals surface area contributed by atoms with Crippen molar-refractivity contribution in [1.82, 2.24) is 4.98 Å². The van der Waals surface area contributed by atoms with Crippen LogP contribution in [0.25, 0.3) is 0 Å². The Kier molecular flexibility index (Phi) is 4.88. The molecule has 0 saturated carbocycles. The van der Waals surface area contributed by atoms with Gasteiger partial charge in [0, 0.05) is 18.0 Å². The second-order valence-corrected chi connectivity index (χ2v) is 4.79. The maximum absolute atomic E-state index is 12.1. The number of ether oxygens (including phenoxy) is 2. The first-order valence-electron chi connectivity index (χ1n) is 5.89. The normalized spacial score (nSPS) is 10.1. The van der Waals surface area contributed by atoms with Crippen LogP contribution in [0.2, 0.25) is 10.2 Å². The van der Waals surface area contributed by atoms with Crippen LogP contribution in [0.15, 0.2) is 30.5 Å². The van der Waals surface area contributed by atoms with Gasteiger partial charge in [-0.05, 0) is 18.2 Å². The molecule has 5 nitrogen and oxygen atoms in total. The number of hydrogen-bond acceptors (Lipinski definition) is 4. The fourth-order valence-electron chi connectivity index (χ4n) is 1.66. The van der Waals surface area contributed by atoms with Crippen LogP contribution in [0.3, 0.4) is 0 Å². The number of aromatic nitrogens is 1. The third-order valence-corrected chi connectivity index (χ3v) is 3.39.